The van der Waals surface area contributed by atoms with Gasteiger partial charge in [-0.1, -0.05) is 18.2 Å². The summed E-state index contributed by atoms with van der Waals surface area (Å²) in [6.45, 7) is 5.66. The maximum absolute atomic E-state index is 14.3. The summed E-state index contributed by atoms with van der Waals surface area (Å²) in [7, 11) is 0. The smallest absolute Gasteiger partial charge is 0.268 e. The Bertz CT molecular complexity index is 1880. The minimum atomic E-state index is -0.380. The van der Waals surface area contributed by atoms with E-state index in [4.69, 9.17) is 15.8 Å². The van der Waals surface area contributed by atoms with Crippen LogP contribution in [0.1, 0.15) is 22.6 Å². The average Bonchev–Trinajstić information content (AvgIpc) is 3.41. The van der Waals surface area contributed by atoms with E-state index in [1.165, 1.54) is 30.0 Å². The van der Waals surface area contributed by atoms with E-state index in [9.17, 15) is 9.18 Å². The fourth-order valence-electron chi connectivity index (χ4n) is 4.60. The lowest BCUT2D eigenvalue weighted by molar-refractivity contribution is 0.626. The summed E-state index contributed by atoms with van der Waals surface area (Å²) >= 11 is 1.18. The molecule has 37 heavy (non-hydrogen) atoms. The molecule has 0 radical (unpaired) electrons. The number of nitrogen functional groups attached to an aromatic ring is 1. The van der Waals surface area contributed by atoms with Gasteiger partial charge in [-0.2, -0.15) is 9.47 Å². The van der Waals surface area contributed by atoms with Crippen molar-refractivity contribution < 1.29 is 4.39 Å². The van der Waals surface area contributed by atoms with E-state index in [0.29, 0.717) is 49.7 Å². The molecule has 0 spiro atoms. The molecule has 0 saturated heterocycles. The molecule has 0 aliphatic carbocycles. The predicted molar refractivity (Wildman–Crippen MR) is 141 cm³/mol. The molecule has 0 amide bonds. The van der Waals surface area contributed by atoms with Crippen LogP contribution in [-0.4, -0.2) is 33.7 Å². The number of hydrogen-bond donors (Lipinski definition) is 1. The lowest BCUT2D eigenvalue weighted by Gasteiger charge is -2.15. The summed E-state index contributed by atoms with van der Waals surface area (Å²) in [4.78, 5) is 27.7. The van der Waals surface area contributed by atoms with Gasteiger partial charge in [0.1, 0.15) is 41.4 Å². The van der Waals surface area contributed by atoms with Gasteiger partial charge in [0.05, 0.1) is 16.8 Å². The molecule has 0 unspecified atom stereocenters. The van der Waals surface area contributed by atoms with Crippen LogP contribution in [0.25, 0.3) is 38.2 Å². The number of aromatic nitrogens is 7. The van der Waals surface area contributed by atoms with Crippen molar-refractivity contribution in [1.82, 2.24) is 33.7 Å². The number of para-hydroxylation sites is 1. The van der Waals surface area contributed by atoms with Crippen LogP contribution in [0.4, 0.5) is 10.2 Å². The van der Waals surface area contributed by atoms with Crippen LogP contribution >= 0.6 is 11.5 Å². The van der Waals surface area contributed by atoms with Crippen molar-refractivity contribution in [3.8, 4) is 16.9 Å². The van der Waals surface area contributed by atoms with Crippen LogP contribution in [0.3, 0.4) is 0 Å². The van der Waals surface area contributed by atoms with E-state index in [0.717, 1.165) is 11.1 Å². The fraction of sp³-hybridized carbons (Fsp3) is 0.154. The Morgan fingerprint density at radius 3 is 2.65 bits per heavy atom. The second-order valence-electron chi connectivity index (χ2n) is 8.88. The van der Waals surface area contributed by atoms with Gasteiger partial charge in [0.2, 0.25) is 0 Å². The average molecular weight is 513 g/mol. The van der Waals surface area contributed by atoms with E-state index in [2.05, 4.69) is 14.3 Å². The summed E-state index contributed by atoms with van der Waals surface area (Å²) in [6.07, 6.45) is 1.36. The highest BCUT2D eigenvalue weighted by Gasteiger charge is 2.22. The molecule has 4 aromatic heterocycles. The van der Waals surface area contributed by atoms with Gasteiger partial charge >= 0.3 is 0 Å². The van der Waals surface area contributed by atoms with Crippen molar-refractivity contribution in [3.63, 3.8) is 0 Å². The molecule has 0 saturated carbocycles. The Hall–Kier alpha value is -4.51. The molecule has 2 aromatic carbocycles. The molecule has 4 heterocycles. The number of halogens is 1. The fourth-order valence-corrected chi connectivity index (χ4v) is 5.38. The lowest BCUT2D eigenvalue weighted by Crippen LogP contribution is -2.26. The molecule has 0 aliphatic rings. The third kappa shape index (κ3) is 3.75. The number of rotatable bonds is 4. The molecular formula is C26H21FN8OS. The summed E-state index contributed by atoms with van der Waals surface area (Å²) in [6, 6.07) is 12.3. The second-order valence-corrected chi connectivity index (χ2v) is 9.64. The largest absolute Gasteiger partial charge is 0.383 e. The first-order valence-electron chi connectivity index (χ1n) is 11.5. The van der Waals surface area contributed by atoms with Crippen molar-refractivity contribution in [1.29, 1.82) is 0 Å². The molecule has 6 rings (SSSR count). The molecule has 2 N–H and O–H groups in total. The van der Waals surface area contributed by atoms with E-state index in [-0.39, 0.29) is 23.7 Å². The maximum Gasteiger partial charge on any atom is 0.268 e. The van der Waals surface area contributed by atoms with Gasteiger partial charge in [-0.05, 0) is 67.7 Å². The van der Waals surface area contributed by atoms with E-state index in [1.807, 2.05) is 44.2 Å². The first-order chi connectivity index (χ1) is 17.8. The van der Waals surface area contributed by atoms with Crippen LogP contribution in [0, 0.1) is 26.6 Å². The lowest BCUT2D eigenvalue weighted by atomic mass is 10.1. The van der Waals surface area contributed by atoms with Gasteiger partial charge in [0.25, 0.3) is 5.56 Å². The van der Waals surface area contributed by atoms with Crippen LogP contribution in [-0.2, 0) is 6.54 Å². The maximum atomic E-state index is 14.3. The third-order valence-electron chi connectivity index (χ3n) is 6.27. The highest BCUT2D eigenvalue weighted by molar-refractivity contribution is 7.12. The number of nitrogens with two attached hydrogens (primary N) is 1. The zero-order valence-electron chi connectivity index (χ0n) is 20.2. The van der Waals surface area contributed by atoms with Gasteiger partial charge in [0, 0.05) is 5.56 Å². The molecule has 6 aromatic rings. The highest BCUT2D eigenvalue weighted by Crippen LogP contribution is 2.32. The van der Waals surface area contributed by atoms with Gasteiger partial charge in [-0.3, -0.25) is 9.36 Å². The topological polar surface area (TPSA) is 117 Å². The standard InChI is InChI=1S/C26H21FN8OS/c1-13-8-16(10-17(27)9-13)22-21-23(28)29-12-30-24(21)34(32-22)11-19-31-25-20(15(3)33-37-25)26(36)35(19)18-7-5-4-6-14(18)2/h4-10,12H,11H2,1-3H3,(H2,28,29,30). The van der Waals surface area contributed by atoms with Gasteiger partial charge in [-0.25, -0.2) is 24.0 Å². The van der Waals surface area contributed by atoms with Gasteiger partial charge in [0.15, 0.2) is 10.5 Å². The Kier molecular flexibility index (Phi) is 5.30. The Morgan fingerprint density at radius 1 is 1.05 bits per heavy atom. The van der Waals surface area contributed by atoms with Crippen molar-refractivity contribution in [3.05, 3.63) is 87.6 Å². The number of aryl methyl sites for hydroxylation is 3. The summed E-state index contributed by atoms with van der Waals surface area (Å²) in [5.74, 6) is 0.305. The van der Waals surface area contributed by atoms with Crippen LogP contribution in [0.2, 0.25) is 0 Å². The SMILES string of the molecule is Cc1cc(F)cc(-c2nn(Cc3nc4snc(C)c4c(=O)n3-c3ccccc3C)c3ncnc(N)c23)c1. The zero-order chi connectivity index (χ0) is 25.8. The van der Waals surface area contributed by atoms with Crippen LogP contribution in [0.15, 0.2) is 53.6 Å². The first-order valence-corrected chi connectivity index (χ1v) is 12.3. The van der Waals surface area contributed by atoms with Gasteiger partial charge in [-0.15, -0.1) is 0 Å². The predicted octanol–water partition coefficient (Wildman–Crippen LogP) is 4.34. The number of anilines is 1. The molecule has 0 aliphatic heterocycles. The van der Waals surface area contributed by atoms with E-state index >= 15 is 0 Å². The summed E-state index contributed by atoms with van der Waals surface area (Å²) < 4.78 is 21.9. The van der Waals surface area contributed by atoms with Crippen LogP contribution < -0.4 is 11.3 Å². The third-order valence-corrected chi connectivity index (χ3v) is 7.11. The monoisotopic (exact) mass is 512 g/mol. The quantitative estimate of drug-likeness (QED) is 0.373. The Labute approximate surface area is 214 Å². The normalized spacial score (nSPS) is 11.6. The van der Waals surface area contributed by atoms with Crippen molar-refractivity contribution in [2.24, 2.45) is 0 Å². The molecule has 9 nitrogen and oxygen atoms in total. The number of benzene rings is 2. The second kappa shape index (κ2) is 8.56. The van der Waals surface area contributed by atoms with Crippen molar-refractivity contribution >= 4 is 38.6 Å². The molecule has 0 fully saturated rings. The molecule has 184 valence electrons. The molecule has 0 atom stereocenters. The molecular weight excluding hydrogens is 491 g/mol. The Morgan fingerprint density at radius 2 is 1.86 bits per heavy atom. The highest BCUT2D eigenvalue weighted by atomic mass is 32.1. The Balaban J connectivity index is 1.62. The number of fused-ring (bicyclic) bond motifs is 2. The van der Waals surface area contributed by atoms with Crippen LogP contribution in [0.5, 0.6) is 0 Å². The van der Waals surface area contributed by atoms with Crippen molar-refractivity contribution in [2.45, 2.75) is 27.3 Å². The summed E-state index contributed by atoms with van der Waals surface area (Å²) in [5.41, 5.74) is 10.5. The number of nitrogens with zero attached hydrogens (tertiary/aromatic N) is 7. The van der Waals surface area contributed by atoms with E-state index < -0.39 is 0 Å². The van der Waals surface area contributed by atoms with Crippen molar-refractivity contribution in [2.75, 3.05) is 5.73 Å². The van der Waals surface area contributed by atoms with E-state index in [1.54, 1.807) is 16.2 Å². The molecule has 11 heteroatoms. The minimum Gasteiger partial charge on any atom is -0.383 e. The number of hydrogen-bond acceptors (Lipinski definition) is 8. The zero-order valence-corrected chi connectivity index (χ0v) is 21.0. The molecule has 0 bridgehead atoms. The minimum absolute atomic E-state index is 0.109. The van der Waals surface area contributed by atoms with Gasteiger partial charge < -0.3 is 5.73 Å². The summed E-state index contributed by atoms with van der Waals surface area (Å²) in [5, 5.41) is 5.77. The first kappa shape index (κ1) is 22.9.